The third-order valence-electron chi connectivity index (χ3n) is 2.00. The Morgan fingerprint density at radius 1 is 1.30 bits per heavy atom. The van der Waals surface area contributed by atoms with Gasteiger partial charge >= 0.3 is 18.5 Å². The molecule has 0 saturated carbocycles. The predicted molar refractivity (Wildman–Crippen MR) is 52.4 cm³/mol. The Morgan fingerprint density at radius 3 is 2.20 bits per heavy atom. The van der Waals surface area contributed by atoms with Crippen molar-refractivity contribution in [3.8, 4) is 5.75 Å². The molecule has 1 rings (SSSR count). The zero-order valence-electron chi connectivity index (χ0n) is 9.14. The van der Waals surface area contributed by atoms with Gasteiger partial charge in [-0.25, -0.2) is 9.78 Å². The van der Waals surface area contributed by atoms with Crippen LogP contribution in [0.5, 0.6) is 5.75 Å². The van der Waals surface area contributed by atoms with Gasteiger partial charge < -0.3 is 9.84 Å². The van der Waals surface area contributed by atoms with Gasteiger partial charge in [-0.1, -0.05) is 0 Å². The molecule has 0 spiro atoms. The van der Waals surface area contributed by atoms with Gasteiger partial charge in [-0.05, 0) is 0 Å². The largest absolute Gasteiger partial charge is 0.573 e. The molecule has 11 heteroatoms. The fourth-order valence-corrected chi connectivity index (χ4v) is 1.55. The minimum Gasteiger partial charge on any atom is -0.476 e. The smallest absolute Gasteiger partial charge is 0.476 e. The Kier molecular flexibility index (Phi) is 4.37. The highest BCUT2D eigenvalue weighted by Gasteiger charge is 2.40. The first-order chi connectivity index (χ1) is 8.97. The number of carboxylic acids is 1. The second-order valence-electron chi connectivity index (χ2n) is 3.31. The number of aromatic carboxylic acids is 1. The van der Waals surface area contributed by atoms with Crippen LogP contribution in [0, 0.1) is 0 Å². The van der Waals surface area contributed by atoms with Gasteiger partial charge in [0.05, 0.1) is 11.4 Å². The standard InChI is InChI=1S/C9H4ClF6NO3/c10-1-3-4(8(11,12)13)2-17-5(7(18)19)6(3)20-9(14,15)16/h2H,1H2,(H,18,19). The molecule has 0 unspecified atom stereocenters. The molecule has 0 aromatic carbocycles. The Bertz CT molecular complexity index is 528. The number of nitrogens with zero attached hydrogens (tertiary/aromatic N) is 1. The molecule has 1 aromatic heterocycles. The molecule has 0 aliphatic heterocycles. The number of hydrogen-bond acceptors (Lipinski definition) is 3. The van der Waals surface area contributed by atoms with Crippen LogP contribution < -0.4 is 4.74 Å². The fourth-order valence-electron chi connectivity index (χ4n) is 1.29. The minimum atomic E-state index is -5.39. The van der Waals surface area contributed by atoms with Crippen molar-refractivity contribution in [1.29, 1.82) is 0 Å². The number of ether oxygens (including phenoxy) is 1. The molecule has 0 amide bonds. The van der Waals surface area contributed by atoms with Crippen LogP contribution >= 0.6 is 11.6 Å². The van der Waals surface area contributed by atoms with Gasteiger partial charge in [0, 0.05) is 11.8 Å². The first-order valence-electron chi connectivity index (χ1n) is 4.61. The summed E-state index contributed by atoms with van der Waals surface area (Å²) in [4.78, 5) is 13.5. The molecule has 0 saturated heterocycles. The number of carboxylic acid groups (broad SMARTS) is 1. The average Bonchev–Trinajstić information content (AvgIpc) is 2.24. The summed E-state index contributed by atoms with van der Waals surface area (Å²) in [6.07, 6.45) is -10.4. The van der Waals surface area contributed by atoms with Crippen molar-refractivity contribution in [2.75, 3.05) is 0 Å². The van der Waals surface area contributed by atoms with Crippen molar-refractivity contribution in [2.24, 2.45) is 0 Å². The van der Waals surface area contributed by atoms with E-state index in [1.165, 1.54) is 0 Å². The maximum absolute atomic E-state index is 12.6. The number of hydrogen-bond donors (Lipinski definition) is 1. The van der Waals surface area contributed by atoms with Gasteiger partial charge in [-0.2, -0.15) is 13.2 Å². The Hall–Kier alpha value is -1.71. The highest BCUT2D eigenvalue weighted by atomic mass is 35.5. The summed E-state index contributed by atoms with van der Waals surface area (Å²) in [5.41, 5.74) is -4.06. The summed E-state index contributed by atoms with van der Waals surface area (Å²) in [7, 11) is 0. The zero-order valence-corrected chi connectivity index (χ0v) is 9.90. The SMILES string of the molecule is O=C(O)c1ncc(C(F)(F)F)c(CCl)c1OC(F)(F)F. The van der Waals surface area contributed by atoms with Crippen LogP contribution in [0.3, 0.4) is 0 Å². The molecule has 1 aromatic rings. The summed E-state index contributed by atoms with van der Waals surface area (Å²) in [5, 5.41) is 8.64. The van der Waals surface area contributed by atoms with Gasteiger partial charge in [-0.15, -0.1) is 24.8 Å². The molecule has 112 valence electrons. The minimum absolute atomic E-state index is 0.0877. The monoisotopic (exact) mass is 323 g/mol. The van der Waals surface area contributed by atoms with Gasteiger partial charge in [0.1, 0.15) is 0 Å². The number of rotatable bonds is 3. The zero-order chi connectivity index (χ0) is 15.7. The highest BCUT2D eigenvalue weighted by Crippen LogP contribution is 2.39. The van der Waals surface area contributed by atoms with E-state index in [2.05, 4.69) is 9.72 Å². The van der Waals surface area contributed by atoms with Gasteiger partial charge in [-0.3, -0.25) is 0 Å². The van der Waals surface area contributed by atoms with Crippen LogP contribution in [0.25, 0.3) is 0 Å². The van der Waals surface area contributed by atoms with Crippen molar-refractivity contribution >= 4 is 17.6 Å². The van der Waals surface area contributed by atoms with Crippen LogP contribution in [-0.4, -0.2) is 22.4 Å². The maximum atomic E-state index is 12.6. The van der Waals surface area contributed by atoms with Crippen molar-refractivity contribution in [3.05, 3.63) is 23.0 Å². The van der Waals surface area contributed by atoms with Crippen molar-refractivity contribution in [1.82, 2.24) is 4.98 Å². The van der Waals surface area contributed by atoms with Crippen molar-refractivity contribution in [3.63, 3.8) is 0 Å². The van der Waals surface area contributed by atoms with E-state index in [1.54, 1.807) is 0 Å². The molecule has 0 radical (unpaired) electrons. The lowest BCUT2D eigenvalue weighted by Crippen LogP contribution is -2.22. The summed E-state index contributed by atoms with van der Waals surface area (Å²) in [6.45, 7) is 0. The number of pyridine rings is 1. The predicted octanol–water partition coefficient (Wildman–Crippen LogP) is 3.44. The van der Waals surface area contributed by atoms with Crippen molar-refractivity contribution in [2.45, 2.75) is 18.4 Å². The number of aromatic nitrogens is 1. The normalized spacial score (nSPS) is 12.3. The third-order valence-corrected chi connectivity index (χ3v) is 2.26. The molecule has 20 heavy (non-hydrogen) atoms. The summed E-state index contributed by atoms with van der Waals surface area (Å²) in [6, 6.07) is 0. The molecular formula is C9H4ClF6NO3. The lowest BCUT2D eigenvalue weighted by molar-refractivity contribution is -0.275. The van der Waals surface area contributed by atoms with Crippen LogP contribution in [0.15, 0.2) is 6.20 Å². The summed E-state index contributed by atoms with van der Waals surface area (Å²) in [5.74, 6) is -4.59. The van der Waals surface area contributed by atoms with E-state index < -0.39 is 47.0 Å². The molecule has 0 aliphatic rings. The van der Waals surface area contributed by atoms with E-state index in [0.29, 0.717) is 0 Å². The molecule has 0 atom stereocenters. The van der Waals surface area contributed by atoms with E-state index in [0.717, 1.165) is 0 Å². The van der Waals surface area contributed by atoms with E-state index in [9.17, 15) is 31.1 Å². The number of halogens is 7. The first kappa shape index (κ1) is 16.3. The molecule has 1 N–H and O–H groups in total. The van der Waals surface area contributed by atoms with Gasteiger partial charge in [0.2, 0.25) is 0 Å². The first-order valence-corrected chi connectivity index (χ1v) is 5.15. The van der Waals surface area contributed by atoms with Crippen LogP contribution in [0.1, 0.15) is 21.6 Å². The Morgan fingerprint density at radius 2 is 1.85 bits per heavy atom. The topological polar surface area (TPSA) is 59.4 Å². The second-order valence-corrected chi connectivity index (χ2v) is 3.58. The lowest BCUT2D eigenvalue weighted by atomic mass is 10.1. The van der Waals surface area contributed by atoms with E-state index >= 15 is 0 Å². The van der Waals surface area contributed by atoms with Crippen LogP contribution in [0.2, 0.25) is 0 Å². The van der Waals surface area contributed by atoms with Gasteiger partial charge in [0.25, 0.3) is 0 Å². The molecule has 4 nitrogen and oxygen atoms in total. The summed E-state index contributed by atoms with van der Waals surface area (Å²) >= 11 is 5.18. The number of carbonyl (C=O) groups is 1. The Balaban J connectivity index is 3.59. The highest BCUT2D eigenvalue weighted by molar-refractivity contribution is 6.17. The van der Waals surface area contributed by atoms with Crippen LogP contribution in [-0.2, 0) is 12.1 Å². The lowest BCUT2D eigenvalue weighted by Gasteiger charge is -2.17. The summed E-state index contributed by atoms with van der Waals surface area (Å²) < 4.78 is 77.6. The van der Waals surface area contributed by atoms with Crippen LogP contribution in [0.4, 0.5) is 26.3 Å². The molecule has 0 fully saturated rings. The Labute approximate surface area is 111 Å². The molecular weight excluding hydrogens is 320 g/mol. The fraction of sp³-hybridized carbons (Fsp3) is 0.333. The van der Waals surface area contributed by atoms with E-state index in [4.69, 9.17) is 16.7 Å². The van der Waals surface area contributed by atoms with Gasteiger partial charge in [0.15, 0.2) is 11.4 Å². The molecule has 0 aliphatic carbocycles. The maximum Gasteiger partial charge on any atom is 0.573 e. The van der Waals surface area contributed by atoms with Crippen molar-refractivity contribution < 1.29 is 41.0 Å². The quantitative estimate of drug-likeness (QED) is 0.684. The molecule has 0 bridgehead atoms. The van der Waals surface area contributed by atoms with E-state index in [-0.39, 0.29) is 6.20 Å². The third kappa shape index (κ3) is 3.65. The molecule has 1 heterocycles. The van der Waals surface area contributed by atoms with E-state index in [1.807, 2.05) is 0 Å². The average molecular weight is 324 g/mol. The second kappa shape index (κ2) is 5.35. The number of alkyl halides is 7.